The van der Waals surface area contributed by atoms with Crippen LogP contribution in [0.1, 0.15) is 114 Å². The summed E-state index contributed by atoms with van der Waals surface area (Å²) in [5.41, 5.74) is 3.05. The normalized spacial score (nSPS) is 16.1. The summed E-state index contributed by atoms with van der Waals surface area (Å²) < 4.78 is 13.6. The number of hydrogen-bond acceptors (Lipinski definition) is 1. The van der Waals surface area contributed by atoms with Gasteiger partial charge in [0.05, 0.1) is 0 Å². The lowest BCUT2D eigenvalue weighted by molar-refractivity contribution is 0.101. The average Bonchev–Trinajstić information content (AvgIpc) is 3.59. The fraction of sp³-hybridized carbons (Fsp3) is 0.581. The largest absolute Gasteiger partial charge is 0.295 e. The van der Waals surface area contributed by atoms with E-state index in [0.717, 1.165) is 17.4 Å². The molecule has 0 amide bonds. The minimum atomic E-state index is -1.32. The van der Waals surface area contributed by atoms with Crippen LogP contribution in [0.4, 0.5) is 4.39 Å². The van der Waals surface area contributed by atoms with E-state index < -0.39 is 5.41 Å². The number of carbonyl (C=O) groups is 1. The molecular weight excluding hydrogens is 438 g/mol. The van der Waals surface area contributed by atoms with Gasteiger partial charge in [-0.2, -0.15) is 0 Å². The molecule has 0 aliphatic heterocycles. The van der Waals surface area contributed by atoms with E-state index in [4.69, 9.17) is 0 Å². The van der Waals surface area contributed by atoms with E-state index in [1.54, 1.807) is 12.1 Å². The Labute approximate surface area is 211 Å². The van der Waals surface area contributed by atoms with Crippen LogP contribution >= 0.6 is 9.24 Å². The highest BCUT2D eigenvalue weighted by Gasteiger charge is 2.26. The number of alkyl halides is 1. The first kappa shape index (κ1) is 30.5. The first-order chi connectivity index (χ1) is 16.0. The summed E-state index contributed by atoms with van der Waals surface area (Å²) in [6.45, 7) is 11.8. The highest BCUT2D eigenvalue weighted by atomic mass is 31.0. The van der Waals surface area contributed by atoms with E-state index in [2.05, 4.69) is 60.3 Å². The van der Waals surface area contributed by atoms with Gasteiger partial charge in [-0.3, -0.25) is 4.79 Å². The van der Waals surface area contributed by atoms with Gasteiger partial charge in [0.2, 0.25) is 0 Å². The Kier molecular flexibility index (Phi) is 14.5. The van der Waals surface area contributed by atoms with Crippen molar-refractivity contribution in [2.24, 2.45) is 11.8 Å². The van der Waals surface area contributed by atoms with Crippen molar-refractivity contribution in [3.63, 3.8) is 0 Å². The molecule has 3 heteroatoms. The zero-order chi connectivity index (χ0) is 25.6. The number of aryl methyl sites for hydroxylation is 1. The maximum atomic E-state index is 13.6. The summed E-state index contributed by atoms with van der Waals surface area (Å²) in [5.74, 6) is 1.83. The van der Waals surface area contributed by atoms with Crippen molar-refractivity contribution in [1.29, 1.82) is 0 Å². The Hall–Kier alpha value is -1.53. The number of hydrogen-bond donors (Lipinski definition) is 0. The monoisotopic (exact) mass is 486 g/mol. The molecule has 1 aliphatic carbocycles. The van der Waals surface area contributed by atoms with E-state index in [1.165, 1.54) is 70.8 Å². The minimum Gasteiger partial charge on any atom is -0.295 e. The number of ketones is 1. The molecule has 1 fully saturated rings. The maximum absolute atomic E-state index is 13.6. The predicted octanol–water partition coefficient (Wildman–Crippen LogP) is 9.81. The van der Waals surface area contributed by atoms with Gasteiger partial charge in [0, 0.05) is 11.5 Å². The van der Waals surface area contributed by atoms with Crippen molar-refractivity contribution in [1.82, 2.24) is 0 Å². The summed E-state index contributed by atoms with van der Waals surface area (Å²) in [5, 5.41) is -1.32. The van der Waals surface area contributed by atoms with Crippen molar-refractivity contribution >= 4 is 15.0 Å². The summed E-state index contributed by atoms with van der Waals surface area (Å²) in [7, 11) is 2.20. The Bertz CT molecular complexity index is 790. The van der Waals surface area contributed by atoms with Gasteiger partial charge >= 0.3 is 0 Å². The van der Waals surface area contributed by atoms with Crippen molar-refractivity contribution in [3.05, 3.63) is 71.3 Å². The number of unbranched alkanes of at least 4 members (excludes halogenated alkanes) is 1. The number of halogens is 1. The van der Waals surface area contributed by atoms with Gasteiger partial charge in [-0.05, 0) is 49.7 Å². The quantitative estimate of drug-likeness (QED) is 0.185. The lowest BCUT2D eigenvalue weighted by Crippen LogP contribution is -2.17. The second-order valence-electron chi connectivity index (χ2n) is 10.4. The molecule has 190 valence electrons. The summed E-state index contributed by atoms with van der Waals surface area (Å²) in [6.07, 6.45) is 11.1. The molecule has 2 aromatic rings. The summed E-state index contributed by atoms with van der Waals surface area (Å²) >= 11 is 0. The van der Waals surface area contributed by atoms with Gasteiger partial charge in [-0.1, -0.05) is 130 Å². The van der Waals surface area contributed by atoms with E-state index in [-0.39, 0.29) is 11.7 Å². The van der Waals surface area contributed by atoms with Crippen LogP contribution in [0.25, 0.3) is 0 Å². The predicted molar refractivity (Wildman–Crippen MR) is 151 cm³/mol. The van der Waals surface area contributed by atoms with Crippen molar-refractivity contribution in [2.75, 3.05) is 0 Å². The molecule has 0 spiro atoms. The van der Waals surface area contributed by atoms with Gasteiger partial charge < -0.3 is 0 Å². The van der Waals surface area contributed by atoms with Crippen LogP contribution in [0.2, 0.25) is 0 Å². The van der Waals surface area contributed by atoms with Crippen LogP contribution in [-0.4, -0.2) is 11.2 Å². The van der Waals surface area contributed by atoms with Crippen molar-refractivity contribution in [2.45, 2.75) is 104 Å². The zero-order valence-electron chi connectivity index (χ0n) is 22.4. The Balaban J connectivity index is 0.000000291. The first-order valence-electron chi connectivity index (χ1n) is 13.2. The van der Waals surface area contributed by atoms with E-state index in [9.17, 15) is 9.18 Å². The van der Waals surface area contributed by atoms with Gasteiger partial charge in [0.1, 0.15) is 5.41 Å². The zero-order valence-corrected chi connectivity index (χ0v) is 23.6. The fourth-order valence-electron chi connectivity index (χ4n) is 3.60. The second-order valence-corrected chi connectivity index (χ2v) is 11.5. The van der Waals surface area contributed by atoms with Crippen molar-refractivity contribution in [3.8, 4) is 0 Å². The van der Waals surface area contributed by atoms with E-state index in [1.807, 2.05) is 19.1 Å². The van der Waals surface area contributed by atoms with Crippen LogP contribution < -0.4 is 0 Å². The smallest absolute Gasteiger partial charge is 0.159 e. The topological polar surface area (TPSA) is 17.1 Å². The van der Waals surface area contributed by atoms with Gasteiger partial charge in [0.15, 0.2) is 5.78 Å². The summed E-state index contributed by atoms with van der Waals surface area (Å²) in [4.78, 5) is 11.0. The lowest BCUT2D eigenvalue weighted by atomic mass is 9.95. The van der Waals surface area contributed by atoms with Crippen LogP contribution in [0.5, 0.6) is 0 Å². The molecule has 0 radical (unpaired) electrons. The molecule has 0 N–H and O–H groups in total. The highest BCUT2D eigenvalue weighted by molar-refractivity contribution is 7.18. The van der Waals surface area contributed by atoms with E-state index in [0.29, 0.717) is 5.56 Å². The van der Waals surface area contributed by atoms with E-state index >= 15 is 0 Å². The molecule has 0 saturated heterocycles. The number of benzene rings is 2. The van der Waals surface area contributed by atoms with Crippen LogP contribution in [0.15, 0.2) is 54.6 Å². The summed E-state index contributed by atoms with van der Waals surface area (Å²) in [6, 6.07) is 17.9. The maximum Gasteiger partial charge on any atom is 0.159 e. The molecule has 1 nitrogen and oxygen atoms in total. The molecule has 2 aromatic carbocycles. The first-order valence-corrected chi connectivity index (χ1v) is 13.7. The fourth-order valence-corrected chi connectivity index (χ4v) is 3.80. The van der Waals surface area contributed by atoms with Gasteiger partial charge in [0.25, 0.3) is 0 Å². The SMILES string of the molecule is CC(=O)c1ccc(C(C)C(C)(F)P)cc1.CC1CC1.CCCC(C)CCCCc1ccccc1. The van der Waals surface area contributed by atoms with Crippen molar-refractivity contribution < 1.29 is 9.18 Å². The molecule has 0 bridgehead atoms. The molecule has 34 heavy (non-hydrogen) atoms. The molecule has 4 unspecified atom stereocenters. The highest BCUT2D eigenvalue weighted by Crippen LogP contribution is 2.36. The van der Waals surface area contributed by atoms with Gasteiger partial charge in [-0.15, -0.1) is 0 Å². The second kappa shape index (κ2) is 16.2. The minimum absolute atomic E-state index is 0.0306. The third-order valence-electron chi connectivity index (χ3n) is 6.57. The lowest BCUT2D eigenvalue weighted by Gasteiger charge is -2.23. The van der Waals surface area contributed by atoms with Crippen LogP contribution in [0.3, 0.4) is 0 Å². The number of rotatable bonds is 10. The Morgan fingerprint density at radius 1 is 1.03 bits per heavy atom. The molecule has 4 atom stereocenters. The molecule has 3 rings (SSSR count). The average molecular weight is 487 g/mol. The van der Waals surface area contributed by atoms with Gasteiger partial charge in [-0.25, -0.2) is 4.39 Å². The van der Waals surface area contributed by atoms with Crippen LogP contribution in [-0.2, 0) is 6.42 Å². The third-order valence-corrected chi connectivity index (χ3v) is 7.07. The van der Waals surface area contributed by atoms with Crippen LogP contribution in [0, 0.1) is 11.8 Å². The molecule has 1 saturated carbocycles. The Morgan fingerprint density at radius 2 is 1.59 bits per heavy atom. The third kappa shape index (κ3) is 14.0. The number of carbonyl (C=O) groups excluding carboxylic acids is 1. The standard InChI is InChI=1S/C15H24.C12H16FOP.C4H8/c1-3-9-14(2)10-7-8-13-15-11-5-4-6-12-15;1-8(12(3,13)15)10-4-6-11(7-5-10)9(2)14;1-4-2-3-4/h4-6,11-12,14H,3,7-10,13H2,1-2H3;4-8H,15H2,1-3H3;4H,2-3H2,1H3. The molecule has 0 aromatic heterocycles. The molecule has 1 aliphatic rings. The number of Topliss-reactive ketones (excluding diaryl/α,β-unsaturated/α-hetero) is 1. The molecule has 0 heterocycles. The molecular formula is C31H48FOP. The Morgan fingerprint density at radius 3 is 2.03 bits per heavy atom.